The first kappa shape index (κ1) is 17.9. The van der Waals surface area contributed by atoms with E-state index in [0.717, 1.165) is 32.1 Å². The Hall–Kier alpha value is -1.14. The molecule has 0 radical (unpaired) electrons. The minimum atomic E-state index is -0.634. The summed E-state index contributed by atoms with van der Waals surface area (Å²) in [6, 6.07) is -0.944. The summed E-state index contributed by atoms with van der Waals surface area (Å²) in [6.45, 7) is 3.67. The van der Waals surface area contributed by atoms with Gasteiger partial charge >= 0.3 is 5.97 Å². The fourth-order valence-electron chi connectivity index (χ4n) is 7.37. The van der Waals surface area contributed by atoms with Crippen molar-refractivity contribution in [1.29, 1.82) is 0 Å². The lowest BCUT2D eigenvalue weighted by Crippen LogP contribution is -2.65. The van der Waals surface area contributed by atoms with Crippen LogP contribution in [0.15, 0.2) is 0 Å². The van der Waals surface area contributed by atoms with Crippen molar-refractivity contribution in [3.63, 3.8) is 0 Å². The second kappa shape index (κ2) is 5.69. The van der Waals surface area contributed by atoms with Crippen LogP contribution in [0.4, 0.5) is 0 Å². The van der Waals surface area contributed by atoms with E-state index in [0.29, 0.717) is 30.6 Å². The Morgan fingerprint density at radius 2 is 1.78 bits per heavy atom. The normalized spacial score (nSPS) is 47.9. The Balaban J connectivity index is 1.38. The number of hydrogen-bond acceptors (Lipinski definition) is 5. The number of esters is 1. The van der Waals surface area contributed by atoms with Crippen LogP contribution in [-0.2, 0) is 14.3 Å². The Kier molecular flexibility index (Phi) is 3.78. The molecule has 5 saturated carbocycles. The van der Waals surface area contributed by atoms with Gasteiger partial charge in [0.2, 0.25) is 5.91 Å². The molecule has 6 fully saturated rings. The number of amides is 1. The van der Waals surface area contributed by atoms with E-state index in [9.17, 15) is 14.7 Å². The van der Waals surface area contributed by atoms with Crippen molar-refractivity contribution >= 4 is 11.9 Å². The van der Waals surface area contributed by atoms with Crippen LogP contribution in [0.2, 0.25) is 0 Å². The van der Waals surface area contributed by atoms with Crippen LogP contribution in [0.5, 0.6) is 0 Å². The number of rotatable bonds is 4. The molecule has 0 spiro atoms. The molecule has 8 atom stereocenters. The highest BCUT2D eigenvalue weighted by atomic mass is 16.5. The van der Waals surface area contributed by atoms with Gasteiger partial charge in [-0.1, -0.05) is 0 Å². The molecule has 150 valence electrons. The van der Waals surface area contributed by atoms with E-state index in [-0.39, 0.29) is 29.4 Å². The van der Waals surface area contributed by atoms with Gasteiger partial charge in [-0.2, -0.15) is 0 Å². The monoisotopic (exact) mass is 376 g/mol. The lowest BCUT2D eigenvalue weighted by atomic mass is 9.46. The van der Waals surface area contributed by atoms with Gasteiger partial charge < -0.3 is 20.5 Å². The van der Waals surface area contributed by atoms with Crippen LogP contribution < -0.4 is 5.73 Å². The van der Waals surface area contributed by atoms with Gasteiger partial charge in [0.25, 0.3) is 0 Å². The highest BCUT2D eigenvalue weighted by molar-refractivity contribution is 5.89. The van der Waals surface area contributed by atoms with Gasteiger partial charge in [0.1, 0.15) is 6.04 Å². The second-order valence-corrected chi connectivity index (χ2v) is 10.6. The van der Waals surface area contributed by atoms with E-state index in [1.54, 1.807) is 4.90 Å². The number of nitrogens with zero attached hydrogens (tertiary/aromatic N) is 1. The summed E-state index contributed by atoms with van der Waals surface area (Å²) >= 11 is 0. The maximum Gasteiger partial charge on any atom is 0.329 e. The maximum atomic E-state index is 13.5. The summed E-state index contributed by atoms with van der Waals surface area (Å²) in [5, 5.41) is 11.0. The highest BCUT2D eigenvalue weighted by Crippen LogP contribution is 2.63. The third kappa shape index (κ3) is 2.74. The summed E-state index contributed by atoms with van der Waals surface area (Å²) in [6.07, 6.45) is 6.93. The van der Waals surface area contributed by atoms with Crippen molar-refractivity contribution in [1.82, 2.24) is 4.90 Å². The molecule has 1 amide bonds. The molecule has 4 bridgehead atoms. The summed E-state index contributed by atoms with van der Waals surface area (Å²) in [5.41, 5.74) is 5.71. The van der Waals surface area contributed by atoms with Crippen LogP contribution in [0.25, 0.3) is 0 Å². The van der Waals surface area contributed by atoms with Crippen molar-refractivity contribution in [3.05, 3.63) is 0 Å². The average Bonchev–Trinajstić information content (AvgIpc) is 3.20. The fraction of sp³-hybridized carbons (Fsp3) is 0.905. The molecule has 0 aromatic heterocycles. The fourth-order valence-corrected chi connectivity index (χ4v) is 7.37. The van der Waals surface area contributed by atoms with E-state index in [1.165, 1.54) is 6.42 Å². The van der Waals surface area contributed by atoms with Crippen molar-refractivity contribution in [2.45, 2.75) is 95.0 Å². The van der Waals surface area contributed by atoms with Gasteiger partial charge in [0.15, 0.2) is 0 Å². The summed E-state index contributed by atoms with van der Waals surface area (Å²) in [7, 11) is 0. The van der Waals surface area contributed by atoms with Crippen molar-refractivity contribution < 1.29 is 19.4 Å². The van der Waals surface area contributed by atoms with Gasteiger partial charge in [-0.3, -0.25) is 4.79 Å². The number of likely N-dealkylation sites (tertiary alicyclic amines) is 1. The van der Waals surface area contributed by atoms with Crippen molar-refractivity contribution in [3.8, 4) is 0 Å². The topological polar surface area (TPSA) is 92.9 Å². The number of hydrogen-bond donors (Lipinski definition) is 2. The smallest absolute Gasteiger partial charge is 0.329 e. The predicted octanol–water partition coefficient (Wildman–Crippen LogP) is 1.59. The minimum Gasteiger partial charge on any atom is -0.461 e. The predicted molar refractivity (Wildman–Crippen MR) is 98.4 cm³/mol. The molecular weight excluding hydrogens is 344 g/mol. The summed E-state index contributed by atoms with van der Waals surface area (Å²) < 4.78 is 5.41. The molecule has 1 saturated heterocycles. The molecule has 6 rings (SSSR count). The Labute approximate surface area is 160 Å². The lowest BCUT2D eigenvalue weighted by Gasteiger charge is -2.61. The van der Waals surface area contributed by atoms with Crippen LogP contribution in [0, 0.1) is 23.2 Å². The summed E-state index contributed by atoms with van der Waals surface area (Å²) in [4.78, 5) is 27.8. The van der Waals surface area contributed by atoms with Crippen LogP contribution >= 0.6 is 0 Å². The number of piperidine rings is 1. The van der Waals surface area contributed by atoms with Gasteiger partial charge in [-0.25, -0.2) is 4.79 Å². The number of ether oxygens (including phenoxy) is 1. The SMILES string of the molecule is CC(C)OC(=O)[C@@H]1C[C@@H]2C[C@@H]2N1C(=O)[C@@H](N)C12C[C@@H]3C[C@@H](CC(O)(C3)C1)C2. The molecule has 0 aromatic carbocycles. The molecule has 5 aliphatic carbocycles. The van der Waals surface area contributed by atoms with E-state index < -0.39 is 17.7 Å². The first-order valence-electron chi connectivity index (χ1n) is 10.7. The quantitative estimate of drug-likeness (QED) is 0.727. The highest BCUT2D eigenvalue weighted by Gasteiger charge is 2.63. The number of fused-ring (bicyclic) bond motifs is 1. The molecule has 0 aromatic rings. The third-order valence-electron chi connectivity index (χ3n) is 7.98. The van der Waals surface area contributed by atoms with Crippen molar-refractivity contribution in [2.75, 3.05) is 0 Å². The molecule has 2 unspecified atom stereocenters. The van der Waals surface area contributed by atoms with E-state index >= 15 is 0 Å². The van der Waals surface area contributed by atoms with Crippen LogP contribution in [-0.4, -0.2) is 51.7 Å². The number of carbonyl (C=O) groups excluding carboxylic acids is 2. The Bertz CT molecular complexity index is 663. The molecule has 6 nitrogen and oxygen atoms in total. The minimum absolute atomic E-state index is 0.0868. The standard InChI is InChI=1S/C21H32N2O4/c1-11(2)27-19(25)16-5-14-4-15(14)23(16)18(24)17(22)20-6-12-3-13(7-20)9-21(26,8-12)10-20/h11-17,26H,3-10,22H2,1-2H3/t12-,13+,14-,15-,16-,17+,20?,21?/m0/s1. The Morgan fingerprint density at radius 1 is 1.11 bits per heavy atom. The molecule has 1 heterocycles. The number of nitrogens with two attached hydrogens (primary N) is 1. The second-order valence-electron chi connectivity index (χ2n) is 10.6. The molecule has 1 aliphatic heterocycles. The molecule has 3 N–H and O–H groups in total. The van der Waals surface area contributed by atoms with Crippen molar-refractivity contribution in [2.24, 2.45) is 28.9 Å². The first-order valence-corrected chi connectivity index (χ1v) is 10.7. The molecule has 6 aliphatic rings. The first-order chi connectivity index (χ1) is 12.7. The molecular formula is C21H32N2O4. The largest absolute Gasteiger partial charge is 0.461 e. The third-order valence-corrected chi connectivity index (χ3v) is 7.98. The summed E-state index contributed by atoms with van der Waals surface area (Å²) in [5.74, 6) is 1.03. The molecule has 27 heavy (non-hydrogen) atoms. The van der Waals surface area contributed by atoms with Gasteiger partial charge in [-0.05, 0) is 88.4 Å². The zero-order chi connectivity index (χ0) is 19.1. The van der Waals surface area contributed by atoms with E-state index in [4.69, 9.17) is 10.5 Å². The zero-order valence-corrected chi connectivity index (χ0v) is 16.4. The number of aliphatic hydroxyl groups is 1. The van der Waals surface area contributed by atoms with Gasteiger partial charge in [0, 0.05) is 6.04 Å². The van der Waals surface area contributed by atoms with Crippen LogP contribution in [0.3, 0.4) is 0 Å². The Morgan fingerprint density at radius 3 is 2.37 bits per heavy atom. The molecule has 6 heteroatoms. The van der Waals surface area contributed by atoms with Gasteiger partial charge in [-0.15, -0.1) is 0 Å². The lowest BCUT2D eigenvalue weighted by molar-refractivity contribution is -0.179. The van der Waals surface area contributed by atoms with Gasteiger partial charge in [0.05, 0.1) is 17.7 Å². The number of carbonyl (C=O) groups is 2. The van der Waals surface area contributed by atoms with E-state index in [2.05, 4.69) is 0 Å². The van der Waals surface area contributed by atoms with E-state index in [1.807, 2.05) is 13.8 Å². The average molecular weight is 376 g/mol. The van der Waals surface area contributed by atoms with Crippen LogP contribution in [0.1, 0.15) is 65.2 Å². The maximum absolute atomic E-state index is 13.5. The zero-order valence-electron chi connectivity index (χ0n) is 16.4.